The van der Waals surface area contributed by atoms with Crippen LogP contribution in [0.5, 0.6) is 0 Å². The predicted molar refractivity (Wildman–Crippen MR) is 110 cm³/mol. The molecule has 1 amide bonds. The number of nitrogens with zero attached hydrogens (tertiary/aromatic N) is 2. The molecular formula is C22H24N2O3S. The molecule has 5 nitrogen and oxygen atoms in total. The lowest BCUT2D eigenvalue weighted by Gasteiger charge is -2.30. The Kier molecular flexibility index (Phi) is 5.73. The van der Waals surface area contributed by atoms with Crippen LogP contribution >= 0.6 is 11.3 Å². The predicted octanol–water partition coefficient (Wildman–Crippen LogP) is 3.47. The van der Waals surface area contributed by atoms with Crippen LogP contribution in [0.1, 0.15) is 23.6 Å². The third kappa shape index (κ3) is 4.10. The molecule has 6 heteroatoms. The van der Waals surface area contributed by atoms with E-state index in [-0.39, 0.29) is 18.4 Å². The number of rotatable bonds is 6. The van der Waals surface area contributed by atoms with Gasteiger partial charge in [0.15, 0.2) is 0 Å². The topological polar surface area (TPSA) is 64.0 Å². The summed E-state index contributed by atoms with van der Waals surface area (Å²) in [6.07, 6.45) is 0.535. The number of hydrogen-bond donors (Lipinski definition) is 2. The maximum atomic E-state index is 12.9. The summed E-state index contributed by atoms with van der Waals surface area (Å²) in [5, 5.41) is 24.6. The van der Waals surface area contributed by atoms with Crippen LogP contribution in [0.15, 0.2) is 60.0 Å². The van der Waals surface area contributed by atoms with E-state index in [9.17, 15) is 15.1 Å². The van der Waals surface area contributed by atoms with E-state index >= 15 is 0 Å². The average molecular weight is 397 g/mol. The summed E-state index contributed by atoms with van der Waals surface area (Å²) in [7, 11) is 0. The molecule has 2 heterocycles. The third-order valence-electron chi connectivity index (χ3n) is 5.34. The first-order valence-electron chi connectivity index (χ1n) is 9.53. The van der Waals surface area contributed by atoms with Gasteiger partial charge in [0, 0.05) is 24.3 Å². The van der Waals surface area contributed by atoms with Crippen LogP contribution in [0, 0.1) is 0 Å². The van der Waals surface area contributed by atoms with E-state index in [0.29, 0.717) is 13.1 Å². The molecule has 0 radical (unpaired) electrons. The molecule has 0 spiro atoms. The molecule has 1 aliphatic heterocycles. The van der Waals surface area contributed by atoms with Gasteiger partial charge in [-0.15, -0.1) is 11.3 Å². The largest absolute Gasteiger partial charge is 0.392 e. The summed E-state index contributed by atoms with van der Waals surface area (Å²) < 4.78 is 1.14. The number of fused-ring (bicyclic) bond motifs is 1. The number of hydroxylamine groups is 2. The first-order valence-corrected chi connectivity index (χ1v) is 10.4. The van der Waals surface area contributed by atoms with Gasteiger partial charge in [-0.05, 0) is 40.4 Å². The molecule has 4 rings (SSSR count). The Balaban J connectivity index is 1.54. The second-order valence-corrected chi connectivity index (χ2v) is 8.24. The van der Waals surface area contributed by atoms with Crippen LogP contribution in [0.25, 0.3) is 10.1 Å². The van der Waals surface area contributed by atoms with Gasteiger partial charge in [-0.2, -0.15) is 0 Å². The van der Waals surface area contributed by atoms with Crippen molar-refractivity contribution in [3.8, 4) is 0 Å². The molecule has 2 atom stereocenters. The number of aliphatic hydroxyl groups excluding tert-OH is 1. The molecule has 0 bridgehead atoms. The van der Waals surface area contributed by atoms with Crippen molar-refractivity contribution in [2.75, 3.05) is 19.6 Å². The molecule has 1 fully saturated rings. The van der Waals surface area contributed by atoms with Crippen LogP contribution < -0.4 is 0 Å². The van der Waals surface area contributed by atoms with Crippen molar-refractivity contribution in [3.05, 3.63) is 71.1 Å². The summed E-state index contributed by atoms with van der Waals surface area (Å²) in [6, 6.07) is 17.1. The zero-order chi connectivity index (χ0) is 19.5. The second-order valence-electron chi connectivity index (χ2n) is 7.29. The lowest BCUT2D eigenvalue weighted by molar-refractivity contribution is -0.177. The maximum absolute atomic E-state index is 12.9. The number of hydrogen-bond acceptors (Lipinski definition) is 5. The van der Waals surface area contributed by atoms with Crippen molar-refractivity contribution in [1.82, 2.24) is 9.96 Å². The minimum absolute atomic E-state index is 0.149. The molecule has 2 aromatic carbocycles. The lowest BCUT2D eigenvalue weighted by Crippen LogP contribution is -2.40. The van der Waals surface area contributed by atoms with E-state index in [4.69, 9.17) is 0 Å². The third-order valence-corrected chi connectivity index (χ3v) is 6.22. The van der Waals surface area contributed by atoms with Gasteiger partial charge in [0.2, 0.25) is 0 Å². The van der Waals surface area contributed by atoms with Crippen molar-refractivity contribution in [3.63, 3.8) is 0 Å². The molecule has 1 aliphatic rings. The molecule has 0 aliphatic carbocycles. The van der Waals surface area contributed by atoms with Gasteiger partial charge in [0.05, 0.1) is 18.6 Å². The van der Waals surface area contributed by atoms with Gasteiger partial charge >= 0.3 is 0 Å². The van der Waals surface area contributed by atoms with Crippen LogP contribution in [-0.2, 0) is 11.2 Å². The summed E-state index contributed by atoms with van der Waals surface area (Å²) >= 11 is 1.64. The minimum Gasteiger partial charge on any atom is -0.392 e. The SMILES string of the molecule is O=C(Cc1cccc2sccc12)N(O)[C@H](CN1CC[C@H](O)C1)c1ccccc1. The minimum atomic E-state index is -0.472. The van der Waals surface area contributed by atoms with E-state index in [1.165, 1.54) is 0 Å². The quantitative estimate of drug-likeness (QED) is 0.495. The number of thiophene rings is 1. The molecule has 146 valence electrons. The molecular weight excluding hydrogens is 372 g/mol. The van der Waals surface area contributed by atoms with Crippen LogP contribution in [0.2, 0.25) is 0 Å². The van der Waals surface area contributed by atoms with Gasteiger partial charge in [0.25, 0.3) is 5.91 Å². The van der Waals surface area contributed by atoms with Gasteiger partial charge < -0.3 is 5.11 Å². The molecule has 0 saturated carbocycles. The molecule has 2 N–H and O–H groups in total. The second kappa shape index (κ2) is 8.41. The Hall–Kier alpha value is -2.25. The molecule has 3 aromatic rings. The summed E-state index contributed by atoms with van der Waals surface area (Å²) in [4.78, 5) is 15.0. The van der Waals surface area contributed by atoms with Gasteiger partial charge in [-0.25, -0.2) is 5.06 Å². The first kappa shape index (κ1) is 19.1. The number of aliphatic hydroxyl groups is 1. The highest BCUT2D eigenvalue weighted by Crippen LogP contribution is 2.27. The monoisotopic (exact) mass is 396 g/mol. The summed E-state index contributed by atoms with van der Waals surface area (Å²) in [6.45, 7) is 1.83. The summed E-state index contributed by atoms with van der Waals surface area (Å²) in [5.74, 6) is -0.327. The number of benzene rings is 2. The standard InChI is InChI=1S/C22H24N2O3S/c25-18-9-11-23(14-18)15-20(16-5-2-1-3-6-16)24(27)22(26)13-17-7-4-8-21-19(17)10-12-28-21/h1-8,10,12,18,20,25,27H,9,11,13-15H2/t18-,20+/m0/s1. The Labute approximate surface area is 168 Å². The zero-order valence-corrected chi connectivity index (χ0v) is 16.4. The van der Waals surface area contributed by atoms with E-state index < -0.39 is 6.04 Å². The molecule has 1 saturated heterocycles. The smallest absolute Gasteiger partial charge is 0.250 e. The highest BCUT2D eigenvalue weighted by atomic mass is 32.1. The average Bonchev–Trinajstić information content (AvgIpc) is 3.35. The number of carbonyl (C=O) groups is 1. The highest BCUT2D eigenvalue weighted by molar-refractivity contribution is 7.17. The highest BCUT2D eigenvalue weighted by Gasteiger charge is 2.29. The fourth-order valence-corrected chi connectivity index (χ4v) is 4.68. The summed E-state index contributed by atoms with van der Waals surface area (Å²) in [5.41, 5.74) is 1.81. The van der Waals surface area contributed by atoms with Crippen molar-refractivity contribution < 1.29 is 15.1 Å². The van der Waals surface area contributed by atoms with Crippen molar-refractivity contribution in [2.24, 2.45) is 0 Å². The van der Waals surface area contributed by atoms with Crippen molar-refractivity contribution in [2.45, 2.75) is 25.0 Å². The van der Waals surface area contributed by atoms with E-state index in [0.717, 1.165) is 39.2 Å². The number of amides is 1. The lowest BCUT2D eigenvalue weighted by atomic mass is 10.0. The number of likely N-dealkylation sites (tertiary alicyclic amines) is 1. The number of β-amino-alcohol motifs (C(OH)–C–C–N with tert-alkyl or cyclic N) is 1. The van der Waals surface area contributed by atoms with Gasteiger partial charge in [-0.3, -0.25) is 14.9 Å². The Morgan fingerprint density at radius 2 is 2.00 bits per heavy atom. The van der Waals surface area contributed by atoms with Crippen LogP contribution in [0.3, 0.4) is 0 Å². The Morgan fingerprint density at radius 3 is 2.75 bits per heavy atom. The zero-order valence-electron chi connectivity index (χ0n) is 15.6. The van der Waals surface area contributed by atoms with E-state index in [2.05, 4.69) is 4.90 Å². The van der Waals surface area contributed by atoms with Gasteiger partial charge in [-0.1, -0.05) is 42.5 Å². The first-order chi connectivity index (χ1) is 13.6. The molecule has 0 unspecified atom stereocenters. The number of carbonyl (C=O) groups excluding carboxylic acids is 1. The van der Waals surface area contributed by atoms with E-state index in [1.807, 2.05) is 60.0 Å². The van der Waals surface area contributed by atoms with Crippen LogP contribution in [0.4, 0.5) is 0 Å². The normalized spacial score (nSPS) is 18.4. The fraction of sp³-hybridized carbons (Fsp3) is 0.318. The Bertz CT molecular complexity index is 943. The van der Waals surface area contributed by atoms with Crippen molar-refractivity contribution >= 4 is 27.3 Å². The van der Waals surface area contributed by atoms with E-state index in [1.54, 1.807) is 11.3 Å². The van der Waals surface area contributed by atoms with Gasteiger partial charge in [0.1, 0.15) is 0 Å². The van der Waals surface area contributed by atoms with Crippen LogP contribution in [-0.4, -0.2) is 51.9 Å². The molecule has 28 heavy (non-hydrogen) atoms. The maximum Gasteiger partial charge on any atom is 0.250 e. The molecule has 1 aromatic heterocycles. The fourth-order valence-electron chi connectivity index (χ4n) is 3.85. The van der Waals surface area contributed by atoms with Crippen molar-refractivity contribution in [1.29, 1.82) is 0 Å². The Morgan fingerprint density at radius 1 is 1.18 bits per heavy atom.